The minimum atomic E-state index is -4.19. The Morgan fingerprint density at radius 3 is 2.55 bits per heavy atom. The van der Waals surface area contributed by atoms with Crippen LogP contribution in [0.3, 0.4) is 0 Å². The van der Waals surface area contributed by atoms with Gasteiger partial charge in [-0.25, -0.2) is 0 Å². The molecule has 0 aromatic heterocycles. The van der Waals surface area contributed by atoms with Gasteiger partial charge in [-0.05, 0) is 44.0 Å². The standard InChI is InChI=1S/C15H16Cl2F3NO/c16-11-3-2-10(8-12(11)17)13(22)14(6-7-21-9-14)4-1-5-15(18,19)20/h2-3,8,21H,1,4-7,9H2. The third kappa shape index (κ3) is 4.15. The minimum Gasteiger partial charge on any atom is -0.316 e. The number of rotatable bonds is 5. The second kappa shape index (κ2) is 6.77. The van der Waals surface area contributed by atoms with E-state index in [0.717, 1.165) is 0 Å². The molecule has 0 amide bonds. The Kier molecular flexibility index (Phi) is 5.41. The maximum absolute atomic E-state index is 12.8. The second-order valence-corrected chi connectivity index (χ2v) is 6.45. The molecule has 2 rings (SSSR count). The lowest BCUT2D eigenvalue weighted by atomic mass is 9.75. The highest BCUT2D eigenvalue weighted by molar-refractivity contribution is 6.42. The van der Waals surface area contributed by atoms with E-state index in [1.165, 1.54) is 12.1 Å². The van der Waals surface area contributed by atoms with E-state index in [2.05, 4.69) is 5.32 Å². The van der Waals surface area contributed by atoms with Crippen molar-refractivity contribution < 1.29 is 18.0 Å². The van der Waals surface area contributed by atoms with Crippen LogP contribution in [-0.4, -0.2) is 25.0 Å². The summed E-state index contributed by atoms with van der Waals surface area (Å²) in [6, 6.07) is 4.58. The van der Waals surface area contributed by atoms with Crippen molar-refractivity contribution in [1.82, 2.24) is 5.32 Å². The Hall–Kier alpha value is -0.780. The van der Waals surface area contributed by atoms with Gasteiger partial charge in [-0.2, -0.15) is 13.2 Å². The molecule has 1 aromatic carbocycles. The first kappa shape index (κ1) is 17.6. The number of halogens is 5. The normalized spacial score (nSPS) is 22.0. The van der Waals surface area contributed by atoms with Crippen molar-refractivity contribution in [2.75, 3.05) is 13.1 Å². The molecule has 0 saturated carbocycles. The highest BCUT2D eigenvalue weighted by Gasteiger charge is 2.42. The lowest BCUT2D eigenvalue weighted by Crippen LogP contribution is -2.34. The molecule has 7 heteroatoms. The molecule has 1 heterocycles. The zero-order chi connectivity index (χ0) is 16.4. The van der Waals surface area contributed by atoms with Crippen LogP contribution in [0.2, 0.25) is 10.0 Å². The lowest BCUT2D eigenvalue weighted by molar-refractivity contribution is -0.136. The van der Waals surface area contributed by atoms with E-state index in [4.69, 9.17) is 23.2 Å². The minimum absolute atomic E-state index is 0.0573. The van der Waals surface area contributed by atoms with Crippen molar-refractivity contribution in [2.45, 2.75) is 31.9 Å². The number of nitrogens with one attached hydrogen (secondary N) is 1. The van der Waals surface area contributed by atoms with Crippen molar-refractivity contribution in [3.05, 3.63) is 33.8 Å². The average Bonchev–Trinajstić information content (AvgIpc) is 2.89. The summed E-state index contributed by atoms with van der Waals surface area (Å²) in [5, 5.41) is 3.69. The summed E-state index contributed by atoms with van der Waals surface area (Å²) < 4.78 is 37.0. The fourth-order valence-electron chi connectivity index (χ4n) is 2.84. The van der Waals surface area contributed by atoms with Gasteiger partial charge >= 0.3 is 6.18 Å². The molecule has 122 valence electrons. The Balaban J connectivity index is 2.15. The molecule has 0 spiro atoms. The monoisotopic (exact) mass is 353 g/mol. The van der Waals surface area contributed by atoms with Crippen molar-refractivity contribution in [1.29, 1.82) is 0 Å². The zero-order valence-electron chi connectivity index (χ0n) is 11.8. The lowest BCUT2D eigenvalue weighted by Gasteiger charge is -2.27. The van der Waals surface area contributed by atoms with E-state index in [1.54, 1.807) is 6.07 Å². The van der Waals surface area contributed by atoms with Crippen LogP contribution in [0.4, 0.5) is 13.2 Å². The molecular weight excluding hydrogens is 338 g/mol. The van der Waals surface area contributed by atoms with Gasteiger partial charge < -0.3 is 5.32 Å². The van der Waals surface area contributed by atoms with Crippen LogP contribution in [0.25, 0.3) is 0 Å². The maximum Gasteiger partial charge on any atom is 0.389 e. The number of Topliss-reactive ketones (excluding diaryl/α,β-unsaturated/α-hetero) is 1. The fraction of sp³-hybridized carbons (Fsp3) is 0.533. The molecule has 1 atom stereocenters. The summed E-state index contributed by atoms with van der Waals surface area (Å²) in [5.74, 6) is -0.168. The highest BCUT2D eigenvalue weighted by atomic mass is 35.5. The predicted octanol–water partition coefficient (Wildman–Crippen LogP) is 4.89. The molecule has 22 heavy (non-hydrogen) atoms. The number of benzene rings is 1. The summed E-state index contributed by atoms with van der Waals surface area (Å²) in [7, 11) is 0. The van der Waals surface area contributed by atoms with Crippen LogP contribution < -0.4 is 5.32 Å². The largest absolute Gasteiger partial charge is 0.389 e. The Morgan fingerprint density at radius 2 is 2.00 bits per heavy atom. The summed E-state index contributed by atoms with van der Waals surface area (Å²) in [4.78, 5) is 12.8. The first-order valence-corrected chi connectivity index (χ1v) is 7.76. The maximum atomic E-state index is 12.8. The van der Waals surface area contributed by atoms with Gasteiger partial charge in [-0.15, -0.1) is 0 Å². The quantitative estimate of drug-likeness (QED) is 0.763. The van der Waals surface area contributed by atoms with E-state index in [1.807, 2.05) is 0 Å². The van der Waals surface area contributed by atoms with Gasteiger partial charge in [0.05, 0.1) is 10.0 Å². The Morgan fingerprint density at radius 1 is 1.27 bits per heavy atom. The van der Waals surface area contributed by atoms with Gasteiger partial charge in [-0.3, -0.25) is 4.79 Å². The molecule has 1 saturated heterocycles. The molecule has 1 aliphatic rings. The highest BCUT2D eigenvalue weighted by Crippen LogP contribution is 2.38. The first-order chi connectivity index (χ1) is 10.2. The summed E-state index contributed by atoms with van der Waals surface area (Å²) in [6.07, 6.45) is -4.38. The molecule has 1 N–H and O–H groups in total. The number of carbonyl (C=O) groups is 1. The van der Waals surface area contributed by atoms with Gasteiger partial charge in [0.2, 0.25) is 0 Å². The summed E-state index contributed by atoms with van der Waals surface area (Å²) in [6.45, 7) is 1.02. The number of hydrogen-bond donors (Lipinski definition) is 1. The van der Waals surface area contributed by atoms with Crippen molar-refractivity contribution >= 4 is 29.0 Å². The number of carbonyl (C=O) groups excluding carboxylic acids is 1. The van der Waals surface area contributed by atoms with E-state index >= 15 is 0 Å². The first-order valence-electron chi connectivity index (χ1n) is 7.01. The zero-order valence-corrected chi connectivity index (χ0v) is 13.3. The molecule has 1 fully saturated rings. The number of alkyl halides is 3. The van der Waals surface area contributed by atoms with Crippen LogP contribution in [0.15, 0.2) is 18.2 Å². The SMILES string of the molecule is O=C(c1ccc(Cl)c(Cl)c1)C1(CCCC(F)(F)F)CCNC1. The van der Waals surface area contributed by atoms with E-state index < -0.39 is 18.0 Å². The molecule has 1 unspecified atom stereocenters. The van der Waals surface area contributed by atoms with E-state index in [-0.39, 0.29) is 23.6 Å². The van der Waals surface area contributed by atoms with Crippen molar-refractivity contribution in [2.24, 2.45) is 5.41 Å². The average molecular weight is 354 g/mol. The molecule has 1 aliphatic heterocycles. The van der Waals surface area contributed by atoms with Crippen LogP contribution in [0, 0.1) is 5.41 Å². The Labute approximate surface area is 137 Å². The topological polar surface area (TPSA) is 29.1 Å². The van der Waals surface area contributed by atoms with Crippen LogP contribution in [-0.2, 0) is 0 Å². The third-order valence-electron chi connectivity index (χ3n) is 4.02. The number of ketones is 1. The summed E-state index contributed by atoms with van der Waals surface area (Å²) in [5.41, 5.74) is -0.396. The predicted molar refractivity (Wildman–Crippen MR) is 80.6 cm³/mol. The Bertz CT molecular complexity index is 554. The van der Waals surface area contributed by atoms with Gasteiger partial charge in [0.1, 0.15) is 0 Å². The molecule has 0 radical (unpaired) electrons. The third-order valence-corrected chi connectivity index (χ3v) is 4.76. The van der Waals surface area contributed by atoms with E-state index in [0.29, 0.717) is 30.1 Å². The van der Waals surface area contributed by atoms with Crippen LogP contribution in [0.5, 0.6) is 0 Å². The van der Waals surface area contributed by atoms with Crippen LogP contribution in [0.1, 0.15) is 36.0 Å². The van der Waals surface area contributed by atoms with Gasteiger partial charge in [0.15, 0.2) is 5.78 Å². The smallest absolute Gasteiger partial charge is 0.316 e. The summed E-state index contributed by atoms with van der Waals surface area (Å²) >= 11 is 11.8. The van der Waals surface area contributed by atoms with Crippen molar-refractivity contribution in [3.8, 4) is 0 Å². The molecule has 1 aromatic rings. The van der Waals surface area contributed by atoms with Gasteiger partial charge in [0, 0.05) is 23.9 Å². The second-order valence-electron chi connectivity index (χ2n) is 5.63. The number of hydrogen-bond acceptors (Lipinski definition) is 2. The molecular formula is C15H16Cl2F3NO. The van der Waals surface area contributed by atoms with E-state index in [9.17, 15) is 18.0 Å². The molecule has 2 nitrogen and oxygen atoms in total. The van der Waals surface area contributed by atoms with Crippen LogP contribution >= 0.6 is 23.2 Å². The van der Waals surface area contributed by atoms with Gasteiger partial charge in [0.25, 0.3) is 0 Å². The fourth-order valence-corrected chi connectivity index (χ4v) is 3.13. The van der Waals surface area contributed by atoms with Gasteiger partial charge in [-0.1, -0.05) is 23.2 Å². The van der Waals surface area contributed by atoms with Crippen molar-refractivity contribution in [3.63, 3.8) is 0 Å². The molecule has 0 bridgehead atoms. The molecule has 0 aliphatic carbocycles.